The second kappa shape index (κ2) is 6.38. The second-order valence-corrected chi connectivity index (χ2v) is 5.86. The van der Waals surface area contributed by atoms with E-state index < -0.39 is 0 Å². The van der Waals surface area contributed by atoms with Crippen LogP contribution < -0.4 is 0 Å². The van der Waals surface area contributed by atoms with Gasteiger partial charge in [-0.2, -0.15) is 5.26 Å². The highest BCUT2D eigenvalue weighted by atomic mass is 35.5. The smallest absolute Gasteiger partial charge is 0.222 e. The number of hydrogen-bond acceptors (Lipinski definition) is 3. The summed E-state index contributed by atoms with van der Waals surface area (Å²) < 4.78 is 14.1. The predicted octanol–water partition coefficient (Wildman–Crippen LogP) is 5.24. The monoisotopic (exact) mass is 337 g/mol. The molecular weight excluding hydrogens is 325 g/mol. The average molecular weight is 338 g/mol. The van der Waals surface area contributed by atoms with Gasteiger partial charge < -0.3 is 0 Å². The lowest BCUT2D eigenvalue weighted by atomic mass is 9.92. The van der Waals surface area contributed by atoms with E-state index in [9.17, 15) is 4.39 Å². The van der Waals surface area contributed by atoms with Gasteiger partial charge in [0.05, 0.1) is 11.6 Å². The third-order valence-electron chi connectivity index (χ3n) is 3.79. The summed E-state index contributed by atoms with van der Waals surface area (Å²) in [6.07, 6.45) is 4.69. The summed E-state index contributed by atoms with van der Waals surface area (Å²) in [6, 6.07) is 8.74. The first-order valence-electron chi connectivity index (χ1n) is 7.29. The Kier molecular flexibility index (Phi) is 4.28. The Bertz CT molecular complexity index is 996. The van der Waals surface area contributed by atoms with Gasteiger partial charge in [-0.05, 0) is 65.9 Å². The van der Waals surface area contributed by atoms with Crippen LogP contribution in [0.4, 0.5) is 4.39 Å². The Balaban J connectivity index is 2.30. The van der Waals surface area contributed by atoms with Crippen LogP contribution in [-0.2, 0) is 0 Å². The normalized spacial score (nSPS) is 11.1. The molecule has 0 bridgehead atoms. The van der Waals surface area contributed by atoms with Crippen molar-refractivity contribution >= 4 is 28.6 Å². The molecule has 3 nitrogen and oxygen atoms in total. The SMILES string of the molecule is Cc1cc(C=CC#N)cc(C)c1-c1cc(F)cc2cnc(Cl)nc12. The Labute approximate surface area is 144 Å². The van der Waals surface area contributed by atoms with E-state index in [-0.39, 0.29) is 11.1 Å². The molecule has 0 unspecified atom stereocenters. The van der Waals surface area contributed by atoms with Gasteiger partial charge in [0, 0.05) is 23.2 Å². The highest BCUT2D eigenvalue weighted by Gasteiger charge is 2.14. The topological polar surface area (TPSA) is 49.6 Å². The molecule has 0 spiro atoms. The van der Waals surface area contributed by atoms with E-state index in [1.54, 1.807) is 6.08 Å². The number of aromatic nitrogens is 2. The lowest BCUT2D eigenvalue weighted by Gasteiger charge is -2.14. The van der Waals surface area contributed by atoms with E-state index in [2.05, 4.69) is 9.97 Å². The third kappa shape index (κ3) is 2.99. The molecule has 0 amide bonds. The standard InChI is InChI=1S/C19H13ClFN3/c1-11-6-13(4-3-5-22)7-12(2)17(11)16-9-15(21)8-14-10-23-19(20)24-18(14)16/h3-4,6-10H,1-2H3. The van der Waals surface area contributed by atoms with E-state index in [1.165, 1.54) is 24.4 Å². The molecule has 0 aliphatic carbocycles. The minimum atomic E-state index is -0.351. The van der Waals surface area contributed by atoms with Gasteiger partial charge in [0.2, 0.25) is 5.28 Å². The number of nitrogens with zero attached hydrogens (tertiary/aromatic N) is 3. The van der Waals surface area contributed by atoms with Gasteiger partial charge in [0.1, 0.15) is 5.82 Å². The van der Waals surface area contributed by atoms with Crippen molar-refractivity contribution in [1.29, 1.82) is 5.26 Å². The largest absolute Gasteiger partial charge is 0.226 e. The van der Waals surface area contributed by atoms with Gasteiger partial charge in [0.25, 0.3) is 0 Å². The zero-order valence-electron chi connectivity index (χ0n) is 13.1. The number of hydrogen-bond donors (Lipinski definition) is 0. The molecule has 0 aliphatic rings. The Morgan fingerprint density at radius 1 is 1.17 bits per heavy atom. The molecule has 0 atom stereocenters. The van der Waals surface area contributed by atoms with Crippen molar-refractivity contribution in [3.05, 3.63) is 64.3 Å². The van der Waals surface area contributed by atoms with Gasteiger partial charge in [-0.3, -0.25) is 0 Å². The van der Waals surface area contributed by atoms with Crippen LogP contribution in [0.2, 0.25) is 5.28 Å². The Morgan fingerprint density at radius 2 is 1.88 bits per heavy atom. The summed E-state index contributed by atoms with van der Waals surface area (Å²) in [7, 11) is 0. The van der Waals surface area contributed by atoms with Crippen molar-refractivity contribution in [2.24, 2.45) is 0 Å². The maximum Gasteiger partial charge on any atom is 0.222 e. The summed E-state index contributed by atoms with van der Waals surface area (Å²) in [5.74, 6) is -0.351. The van der Waals surface area contributed by atoms with Crippen LogP contribution in [0, 0.1) is 31.0 Å². The Morgan fingerprint density at radius 3 is 2.54 bits per heavy atom. The van der Waals surface area contributed by atoms with E-state index in [1.807, 2.05) is 32.0 Å². The molecule has 3 aromatic rings. The number of rotatable bonds is 2. The van der Waals surface area contributed by atoms with Crippen LogP contribution in [-0.4, -0.2) is 9.97 Å². The molecule has 0 fully saturated rings. The number of aryl methyl sites for hydroxylation is 2. The van der Waals surface area contributed by atoms with Gasteiger partial charge in [0.15, 0.2) is 0 Å². The highest BCUT2D eigenvalue weighted by molar-refractivity contribution is 6.28. The summed E-state index contributed by atoms with van der Waals surface area (Å²) >= 11 is 5.92. The first kappa shape index (κ1) is 16.1. The number of allylic oxidation sites excluding steroid dienone is 1. The van der Waals surface area contributed by atoms with Crippen LogP contribution >= 0.6 is 11.6 Å². The van der Waals surface area contributed by atoms with E-state index >= 15 is 0 Å². The van der Waals surface area contributed by atoms with E-state index in [0.29, 0.717) is 16.5 Å². The van der Waals surface area contributed by atoms with Crippen LogP contribution in [0.15, 0.2) is 36.5 Å². The summed E-state index contributed by atoms with van der Waals surface area (Å²) in [5, 5.41) is 9.39. The minimum absolute atomic E-state index is 0.124. The number of fused-ring (bicyclic) bond motifs is 1. The quantitative estimate of drug-likeness (QED) is 0.474. The van der Waals surface area contributed by atoms with Crippen molar-refractivity contribution in [2.45, 2.75) is 13.8 Å². The van der Waals surface area contributed by atoms with Crippen LogP contribution in [0.5, 0.6) is 0 Å². The molecule has 3 rings (SSSR count). The number of halogens is 2. The average Bonchev–Trinajstić information content (AvgIpc) is 2.52. The van der Waals surface area contributed by atoms with Crippen molar-refractivity contribution in [3.8, 4) is 17.2 Å². The summed E-state index contributed by atoms with van der Waals surface area (Å²) in [5.41, 5.74) is 5.05. The van der Waals surface area contributed by atoms with Crippen LogP contribution in [0.25, 0.3) is 28.1 Å². The highest BCUT2D eigenvalue weighted by Crippen LogP contribution is 2.34. The molecule has 1 heterocycles. The number of nitriles is 1. The number of benzene rings is 2. The predicted molar refractivity (Wildman–Crippen MR) is 94.1 cm³/mol. The lowest BCUT2D eigenvalue weighted by molar-refractivity contribution is 0.630. The third-order valence-corrected chi connectivity index (χ3v) is 3.98. The van der Waals surface area contributed by atoms with E-state index in [0.717, 1.165) is 22.3 Å². The second-order valence-electron chi connectivity index (χ2n) is 5.52. The molecule has 1 aromatic heterocycles. The van der Waals surface area contributed by atoms with Gasteiger partial charge in [-0.15, -0.1) is 0 Å². The first-order chi connectivity index (χ1) is 11.5. The molecule has 0 saturated carbocycles. The molecule has 118 valence electrons. The zero-order chi connectivity index (χ0) is 17.3. The maximum absolute atomic E-state index is 14.1. The van der Waals surface area contributed by atoms with Crippen molar-refractivity contribution in [3.63, 3.8) is 0 Å². The van der Waals surface area contributed by atoms with Crippen LogP contribution in [0.1, 0.15) is 16.7 Å². The summed E-state index contributed by atoms with van der Waals surface area (Å²) in [4.78, 5) is 8.20. The molecule has 0 aliphatic heterocycles. The molecule has 0 radical (unpaired) electrons. The van der Waals surface area contributed by atoms with Gasteiger partial charge in [-0.1, -0.05) is 12.1 Å². The maximum atomic E-state index is 14.1. The first-order valence-corrected chi connectivity index (χ1v) is 7.67. The lowest BCUT2D eigenvalue weighted by Crippen LogP contribution is -1.95. The van der Waals surface area contributed by atoms with Gasteiger partial charge in [-0.25, -0.2) is 14.4 Å². The van der Waals surface area contributed by atoms with Crippen LogP contribution in [0.3, 0.4) is 0 Å². The Hall–Kier alpha value is -2.77. The van der Waals surface area contributed by atoms with Crippen molar-refractivity contribution < 1.29 is 4.39 Å². The fourth-order valence-corrected chi connectivity index (χ4v) is 3.06. The molecular formula is C19H13ClFN3. The molecule has 5 heteroatoms. The molecule has 0 N–H and O–H groups in total. The molecule has 0 saturated heterocycles. The fourth-order valence-electron chi connectivity index (χ4n) is 2.93. The summed E-state index contributed by atoms with van der Waals surface area (Å²) in [6.45, 7) is 3.90. The van der Waals surface area contributed by atoms with Gasteiger partial charge >= 0.3 is 0 Å². The van der Waals surface area contributed by atoms with Crippen molar-refractivity contribution in [1.82, 2.24) is 9.97 Å². The zero-order valence-corrected chi connectivity index (χ0v) is 13.9. The van der Waals surface area contributed by atoms with Crippen molar-refractivity contribution in [2.75, 3.05) is 0 Å². The molecule has 24 heavy (non-hydrogen) atoms. The van der Waals surface area contributed by atoms with E-state index in [4.69, 9.17) is 16.9 Å². The molecule has 2 aromatic carbocycles. The fraction of sp³-hybridized carbons (Fsp3) is 0.105. The minimum Gasteiger partial charge on any atom is -0.226 e.